The van der Waals surface area contributed by atoms with Gasteiger partial charge >= 0.3 is 5.97 Å². The molecule has 8 heteroatoms. The number of carbonyl (C=O) groups excluding carboxylic acids is 1. The Hall–Kier alpha value is -2.19. The zero-order valence-corrected chi connectivity index (χ0v) is 10.5. The van der Waals surface area contributed by atoms with Gasteiger partial charge in [0, 0.05) is 5.38 Å². The van der Waals surface area contributed by atoms with Crippen LogP contribution >= 0.6 is 11.3 Å². The molecule has 0 saturated heterocycles. The first-order valence-electron chi connectivity index (χ1n) is 5.26. The maximum absolute atomic E-state index is 11.4. The van der Waals surface area contributed by atoms with Crippen molar-refractivity contribution in [3.05, 3.63) is 29.5 Å². The average Bonchev–Trinajstić information content (AvgIpc) is 2.97. The van der Waals surface area contributed by atoms with Gasteiger partial charge in [0.05, 0.1) is 18.4 Å². The lowest BCUT2D eigenvalue weighted by molar-refractivity contribution is -0.149. The fraction of sp³-hybridized carbons (Fsp3) is 0.182. The third kappa shape index (κ3) is 3.90. The first-order chi connectivity index (χ1) is 9.15. The van der Waals surface area contributed by atoms with Crippen LogP contribution in [-0.2, 0) is 20.8 Å². The Morgan fingerprint density at radius 2 is 2.37 bits per heavy atom. The van der Waals surface area contributed by atoms with Crippen molar-refractivity contribution >= 4 is 23.2 Å². The number of hydrogen-bond donors (Lipinski definition) is 2. The van der Waals surface area contributed by atoms with Crippen LogP contribution in [0.2, 0.25) is 0 Å². The second-order valence-electron chi connectivity index (χ2n) is 3.51. The van der Waals surface area contributed by atoms with Crippen molar-refractivity contribution in [1.29, 1.82) is 0 Å². The molecule has 2 heterocycles. The third-order valence-corrected chi connectivity index (χ3v) is 2.91. The Balaban J connectivity index is 1.86. The van der Waals surface area contributed by atoms with Crippen LogP contribution in [-0.4, -0.2) is 28.6 Å². The molecule has 7 nitrogen and oxygen atoms in total. The molecular weight excluding hydrogens is 272 g/mol. The Bertz CT molecular complexity index is 563. The number of amides is 1. The summed E-state index contributed by atoms with van der Waals surface area (Å²) in [7, 11) is 0. The van der Waals surface area contributed by atoms with Gasteiger partial charge in [0.2, 0.25) is 5.91 Å². The molecule has 0 radical (unpaired) electrons. The first kappa shape index (κ1) is 13.2. The zero-order valence-electron chi connectivity index (χ0n) is 9.66. The number of furan rings is 1. The van der Waals surface area contributed by atoms with Gasteiger partial charge in [-0.15, -0.1) is 11.3 Å². The molecule has 1 amide bonds. The summed E-state index contributed by atoms with van der Waals surface area (Å²) in [6.07, 6.45) is 1.56. The SMILES string of the molecule is O=C(O)CONC(=O)Cc1csc(-c2ccco2)n1. The summed E-state index contributed by atoms with van der Waals surface area (Å²) in [5.41, 5.74) is 2.59. The molecule has 2 rings (SSSR count). The molecular formula is C11H10N2O5S. The Labute approximate surface area is 111 Å². The number of carbonyl (C=O) groups is 2. The molecule has 0 atom stereocenters. The predicted molar refractivity (Wildman–Crippen MR) is 65.3 cm³/mol. The van der Waals surface area contributed by atoms with Crippen LogP contribution in [0.1, 0.15) is 5.69 Å². The highest BCUT2D eigenvalue weighted by molar-refractivity contribution is 7.13. The van der Waals surface area contributed by atoms with Gasteiger partial charge in [-0.05, 0) is 12.1 Å². The molecule has 0 unspecified atom stereocenters. The predicted octanol–water partition coefficient (Wildman–Crippen LogP) is 1.08. The Morgan fingerprint density at radius 1 is 1.53 bits per heavy atom. The molecule has 0 saturated carbocycles. The molecule has 2 aromatic heterocycles. The number of thiazole rings is 1. The minimum Gasteiger partial charge on any atom is -0.479 e. The van der Waals surface area contributed by atoms with Gasteiger partial charge in [0.1, 0.15) is 0 Å². The average molecular weight is 282 g/mol. The van der Waals surface area contributed by atoms with E-state index in [9.17, 15) is 9.59 Å². The van der Waals surface area contributed by atoms with E-state index >= 15 is 0 Å². The van der Waals surface area contributed by atoms with E-state index in [-0.39, 0.29) is 6.42 Å². The first-order valence-corrected chi connectivity index (χ1v) is 6.14. The maximum atomic E-state index is 11.4. The van der Waals surface area contributed by atoms with Crippen molar-refractivity contribution in [2.45, 2.75) is 6.42 Å². The smallest absolute Gasteiger partial charge is 0.332 e. The monoisotopic (exact) mass is 282 g/mol. The van der Waals surface area contributed by atoms with Gasteiger partial charge < -0.3 is 9.52 Å². The normalized spacial score (nSPS) is 10.3. The van der Waals surface area contributed by atoms with Gasteiger partial charge in [-0.1, -0.05) is 0 Å². The number of hydroxylamine groups is 1. The molecule has 19 heavy (non-hydrogen) atoms. The number of aliphatic carboxylic acids is 1. The fourth-order valence-electron chi connectivity index (χ4n) is 1.28. The summed E-state index contributed by atoms with van der Waals surface area (Å²) < 4.78 is 5.19. The number of nitrogens with one attached hydrogen (secondary N) is 1. The summed E-state index contributed by atoms with van der Waals surface area (Å²) in [6.45, 7) is -0.583. The van der Waals surface area contributed by atoms with Gasteiger partial charge in [-0.25, -0.2) is 15.3 Å². The van der Waals surface area contributed by atoms with Gasteiger partial charge in [-0.2, -0.15) is 0 Å². The Kier molecular flexibility index (Phi) is 4.26. The van der Waals surface area contributed by atoms with Gasteiger partial charge in [0.25, 0.3) is 0 Å². The molecule has 2 N–H and O–H groups in total. The highest BCUT2D eigenvalue weighted by Gasteiger charge is 2.10. The minimum atomic E-state index is -1.16. The van der Waals surface area contributed by atoms with Gasteiger partial charge in [-0.3, -0.25) is 9.63 Å². The van der Waals surface area contributed by atoms with E-state index < -0.39 is 18.5 Å². The van der Waals surface area contributed by atoms with Crippen LogP contribution in [0.15, 0.2) is 28.2 Å². The van der Waals surface area contributed by atoms with E-state index in [0.717, 1.165) is 0 Å². The van der Waals surface area contributed by atoms with Crippen molar-refractivity contribution in [2.75, 3.05) is 6.61 Å². The van der Waals surface area contributed by atoms with E-state index in [4.69, 9.17) is 9.52 Å². The topological polar surface area (TPSA) is 102 Å². The van der Waals surface area contributed by atoms with Crippen molar-refractivity contribution < 1.29 is 24.0 Å². The minimum absolute atomic E-state index is 0.0107. The van der Waals surface area contributed by atoms with Crippen LogP contribution < -0.4 is 5.48 Å². The molecule has 0 aliphatic carbocycles. The summed E-state index contributed by atoms with van der Waals surface area (Å²) in [6, 6.07) is 3.53. The number of nitrogens with zero attached hydrogens (tertiary/aromatic N) is 1. The maximum Gasteiger partial charge on any atom is 0.332 e. The molecule has 2 aromatic rings. The molecule has 0 bridgehead atoms. The van der Waals surface area contributed by atoms with E-state index in [0.29, 0.717) is 16.5 Å². The largest absolute Gasteiger partial charge is 0.479 e. The van der Waals surface area contributed by atoms with Crippen LogP contribution in [0.25, 0.3) is 10.8 Å². The highest BCUT2D eigenvalue weighted by atomic mass is 32.1. The molecule has 0 spiro atoms. The summed E-state index contributed by atoms with van der Waals surface area (Å²) >= 11 is 1.36. The van der Waals surface area contributed by atoms with E-state index in [1.807, 2.05) is 5.48 Å². The summed E-state index contributed by atoms with van der Waals surface area (Å²) in [4.78, 5) is 30.3. The van der Waals surface area contributed by atoms with Crippen LogP contribution in [0.3, 0.4) is 0 Å². The standard InChI is InChI=1S/C11H10N2O5S/c14-9(13-18-5-10(15)16)4-7-6-19-11(12-7)8-2-1-3-17-8/h1-3,6H,4-5H2,(H,13,14)(H,15,16). The molecule has 0 aliphatic heterocycles. The van der Waals surface area contributed by atoms with Crippen molar-refractivity contribution in [3.8, 4) is 10.8 Å². The second kappa shape index (κ2) is 6.12. The van der Waals surface area contributed by atoms with Crippen LogP contribution in [0.5, 0.6) is 0 Å². The van der Waals surface area contributed by atoms with Crippen LogP contribution in [0.4, 0.5) is 0 Å². The molecule has 100 valence electrons. The fourth-order valence-corrected chi connectivity index (χ4v) is 2.07. The lowest BCUT2D eigenvalue weighted by atomic mass is 10.3. The third-order valence-electron chi connectivity index (χ3n) is 2.01. The zero-order chi connectivity index (χ0) is 13.7. The lowest BCUT2D eigenvalue weighted by Crippen LogP contribution is -2.28. The second-order valence-corrected chi connectivity index (χ2v) is 4.36. The lowest BCUT2D eigenvalue weighted by Gasteiger charge is -2.01. The molecule has 0 aliphatic rings. The molecule has 0 fully saturated rings. The number of carboxylic acids is 1. The van der Waals surface area contributed by atoms with Crippen LogP contribution in [0, 0.1) is 0 Å². The summed E-state index contributed by atoms with van der Waals surface area (Å²) in [5, 5.41) is 10.7. The van der Waals surface area contributed by atoms with Crippen molar-refractivity contribution in [1.82, 2.24) is 10.5 Å². The molecule has 0 aromatic carbocycles. The summed E-state index contributed by atoms with van der Waals surface area (Å²) in [5.74, 6) is -0.981. The van der Waals surface area contributed by atoms with Crippen molar-refractivity contribution in [2.24, 2.45) is 0 Å². The van der Waals surface area contributed by atoms with Crippen molar-refractivity contribution in [3.63, 3.8) is 0 Å². The van der Waals surface area contributed by atoms with Gasteiger partial charge in [0.15, 0.2) is 17.4 Å². The Morgan fingerprint density at radius 3 is 3.05 bits per heavy atom. The number of hydrogen-bond acceptors (Lipinski definition) is 6. The number of rotatable bonds is 6. The van der Waals surface area contributed by atoms with E-state index in [1.165, 1.54) is 11.3 Å². The highest BCUT2D eigenvalue weighted by Crippen LogP contribution is 2.23. The quantitative estimate of drug-likeness (QED) is 0.769. The number of aromatic nitrogens is 1. The van der Waals surface area contributed by atoms with E-state index in [1.54, 1.807) is 23.8 Å². The number of carboxylic acid groups (broad SMARTS) is 1. The van der Waals surface area contributed by atoms with E-state index in [2.05, 4.69) is 9.82 Å².